The van der Waals surface area contributed by atoms with E-state index in [4.69, 9.17) is 9.84 Å². The highest BCUT2D eigenvalue weighted by Crippen LogP contribution is 2.37. The number of rotatable bonds is 5. The molecule has 0 aliphatic heterocycles. The summed E-state index contributed by atoms with van der Waals surface area (Å²) in [5.74, 6) is -1.47. The molecule has 1 N–H and O–H groups in total. The minimum atomic E-state index is -4.55. The first kappa shape index (κ1) is 15.1. The van der Waals surface area contributed by atoms with Crippen LogP contribution in [0.1, 0.15) is 24.5 Å². The predicted octanol–water partition coefficient (Wildman–Crippen LogP) is 3.59. The number of hydrogen-bond donors (Lipinski definition) is 1. The predicted molar refractivity (Wildman–Crippen MR) is 63.9 cm³/mol. The topological polar surface area (TPSA) is 46.5 Å². The van der Waals surface area contributed by atoms with Gasteiger partial charge in [0.15, 0.2) is 0 Å². The van der Waals surface area contributed by atoms with Crippen LogP contribution in [-0.2, 0) is 11.0 Å². The molecule has 0 aromatic heterocycles. The third kappa shape index (κ3) is 4.65. The summed E-state index contributed by atoms with van der Waals surface area (Å²) in [6.07, 6.45) is -2.07. The van der Waals surface area contributed by atoms with Crippen molar-refractivity contribution in [1.29, 1.82) is 0 Å². The Hall–Kier alpha value is -1.98. The molecular formula is C13H13F3O3. The molecule has 0 atom stereocenters. The lowest BCUT2D eigenvalue weighted by Gasteiger charge is -2.14. The molecule has 1 aromatic rings. The zero-order valence-electron chi connectivity index (χ0n) is 10.2. The summed E-state index contributed by atoms with van der Waals surface area (Å²) < 4.78 is 43.5. The maximum Gasteiger partial charge on any atom is 0.419 e. The lowest BCUT2D eigenvalue weighted by molar-refractivity contribution is -0.139. The van der Waals surface area contributed by atoms with Crippen molar-refractivity contribution in [3.63, 3.8) is 0 Å². The van der Waals surface area contributed by atoms with Crippen LogP contribution in [0.4, 0.5) is 13.2 Å². The highest BCUT2D eigenvalue weighted by molar-refractivity contribution is 5.85. The van der Waals surface area contributed by atoms with E-state index in [1.807, 2.05) is 0 Å². The van der Waals surface area contributed by atoms with Crippen molar-refractivity contribution in [2.45, 2.75) is 19.5 Å². The molecule has 19 heavy (non-hydrogen) atoms. The third-order valence-electron chi connectivity index (χ3n) is 2.19. The normalized spacial score (nSPS) is 11.8. The smallest absolute Gasteiger partial charge is 0.419 e. The van der Waals surface area contributed by atoms with Gasteiger partial charge in [0.05, 0.1) is 12.2 Å². The van der Waals surface area contributed by atoms with Crippen LogP contribution < -0.4 is 4.74 Å². The van der Waals surface area contributed by atoms with Crippen LogP contribution in [0.15, 0.2) is 24.3 Å². The van der Waals surface area contributed by atoms with Gasteiger partial charge in [-0.05, 0) is 30.2 Å². The van der Waals surface area contributed by atoms with Gasteiger partial charge in [-0.3, -0.25) is 0 Å². The number of carboxylic acids is 1. The van der Waals surface area contributed by atoms with Gasteiger partial charge in [0.1, 0.15) is 5.75 Å². The summed E-state index contributed by atoms with van der Waals surface area (Å²) >= 11 is 0. The molecule has 1 aromatic carbocycles. The van der Waals surface area contributed by atoms with Crippen LogP contribution in [0.3, 0.4) is 0 Å². The largest absolute Gasteiger partial charge is 0.493 e. The number of ether oxygens (including phenoxy) is 1. The summed E-state index contributed by atoms with van der Waals surface area (Å²) in [4.78, 5) is 10.3. The van der Waals surface area contributed by atoms with Crippen molar-refractivity contribution in [1.82, 2.24) is 0 Å². The molecular weight excluding hydrogens is 261 g/mol. The lowest BCUT2D eigenvalue weighted by atomic mass is 10.1. The van der Waals surface area contributed by atoms with Gasteiger partial charge in [-0.25, -0.2) is 4.79 Å². The van der Waals surface area contributed by atoms with E-state index in [1.165, 1.54) is 12.1 Å². The van der Waals surface area contributed by atoms with Crippen molar-refractivity contribution in [2.24, 2.45) is 0 Å². The number of aliphatic carboxylic acids is 1. The molecule has 1 rings (SSSR count). The second kappa shape index (κ2) is 6.26. The number of benzene rings is 1. The zero-order chi connectivity index (χ0) is 14.5. The molecule has 0 unspecified atom stereocenters. The Morgan fingerprint density at radius 1 is 1.42 bits per heavy atom. The Balaban J connectivity index is 3.12. The lowest BCUT2D eigenvalue weighted by Crippen LogP contribution is -2.09. The van der Waals surface area contributed by atoms with Crippen LogP contribution in [0.25, 0.3) is 6.08 Å². The maximum absolute atomic E-state index is 12.8. The first-order valence-electron chi connectivity index (χ1n) is 5.59. The molecule has 0 radical (unpaired) electrons. The van der Waals surface area contributed by atoms with Crippen LogP contribution in [0.5, 0.6) is 5.75 Å². The molecule has 3 nitrogen and oxygen atoms in total. The van der Waals surface area contributed by atoms with Gasteiger partial charge in [-0.1, -0.05) is 13.0 Å². The minimum Gasteiger partial charge on any atom is -0.493 e. The first-order chi connectivity index (χ1) is 8.84. The Morgan fingerprint density at radius 3 is 2.63 bits per heavy atom. The minimum absolute atomic E-state index is 0.151. The summed E-state index contributed by atoms with van der Waals surface area (Å²) in [6, 6.07) is 3.43. The van der Waals surface area contributed by atoms with Gasteiger partial charge in [0, 0.05) is 6.08 Å². The first-order valence-corrected chi connectivity index (χ1v) is 5.59. The van der Waals surface area contributed by atoms with E-state index < -0.39 is 17.7 Å². The molecule has 0 heterocycles. The van der Waals surface area contributed by atoms with Gasteiger partial charge in [0.25, 0.3) is 0 Å². The van der Waals surface area contributed by atoms with E-state index in [-0.39, 0.29) is 17.9 Å². The van der Waals surface area contributed by atoms with Crippen LogP contribution in [-0.4, -0.2) is 17.7 Å². The van der Waals surface area contributed by atoms with Crippen molar-refractivity contribution in [3.05, 3.63) is 35.4 Å². The van der Waals surface area contributed by atoms with E-state index >= 15 is 0 Å². The molecule has 0 aliphatic carbocycles. The van der Waals surface area contributed by atoms with Crippen molar-refractivity contribution < 1.29 is 27.8 Å². The van der Waals surface area contributed by atoms with Crippen molar-refractivity contribution >= 4 is 12.0 Å². The van der Waals surface area contributed by atoms with Gasteiger partial charge >= 0.3 is 12.1 Å². The molecule has 6 heteroatoms. The average Bonchev–Trinajstić information content (AvgIpc) is 2.33. The van der Waals surface area contributed by atoms with E-state index in [1.54, 1.807) is 6.92 Å². The summed E-state index contributed by atoms with van der Waals surface area (Å²) in [6.45, 7) is 1.98. The van der Waals surface area contributed by atoms with Gasteiger partial charge < -0.3 is 9.84 Å². The fourth-order valence-corrected chi connectivity index (χ4v) is 1.38. The molecule has 0 saturated carbocycles. The van der Waals surface area contributed by atoms with Crippen LogP contribution >= 0.6 is 0 Å². The summed E-state index contributed by atoms with van der Waals surface area (Å²) in [7, 11) is 0. The summed E-state index contributed by atoms with van der Waals surface area (Å²) in [5, 5.41) is 8.44. The maximum atomic E-state index is 12.8. The number of hydrogen-bond acceptors (Lipinski definition) is 2. The van der Waals surface area contributed by atoms with Gasteiger partial charge in [-0.2, -0.15) is 13.2 Å². The van der Waals surface area contributed by atoms with Crippen molar-refractivity contribution in [2.75, 3.05) is 6.61 Å². The van der Waals surface area contributed by atoms with Gasteiger partial charge in [0.2, 0.25) is 0 Å². The number of alkyl halides is 3. The Morgan fingerprint density at radius 2 is 2.11 bits per heavy atom. The fourth-order valence-electron chi connectivity index (χ4n) is 1.38. The molecule has 0 amide bonds. The van der Waals surface area contributed by atoms with Crippen molar-refractivity contribution in [3.8, 4) is 5.75 Å². The van der Waals surface area contributed by atoms with Gasteiger partial charge in [-0.15, -0.1) is 0 Å². The number of halogens is 3. The molecule has 0 aliphatic rings. The number of carboxylic acid groups (broad SMARTS) is 1. The second-order valence-electron chi connectivity index (χ2n) is 3.77. The van der Waals surface area contributed by atoms with E-state index in [2.05, 4.69) is 0 Å². The fraction of sp³-hybridized carbons (Fsp3) is 0.308. The average molecular weight is 274 g/mol. The van der Waals surface area contributed by atoms with Crippen LogP contribution in [0.2, 0.25) is 0 Å². The zero-order valence-corrected chi connectivity index (χ0v) is 10.2. The molecule has 0 fully saturated rings. The molecule has 0 saturated heterocycles. The van der Waals surface area contributed by atoms with E-state index in [9.17, 15) is 18.0 Å². The SMILES string of the molecule is CCCOc1ccc(/C=C/C(=O)O)cc1C(F)(F)F. The van der Waals surface area contributed by atoms with E-state index in [0.717, 1.165) is 18.2 Å². The Kier molecular flexibility index (Phi) is 4.97. The standard InChI is InChI=1S/C13H13F3O3/c1-2-7-19-11-5-3-9(4-6-12(17)18)8-10(11)13(14,15)16/h3-6,8H,2,7H2,1H3,(H,17,18)/b6-4+. The van der Waals surface area contributed by atoms with E-state index in [0.29, 0.717) is 6.42 Å². The molecule has 0 spiro atoms. The molecule has 0 bridgehead atoms. The third-order valence-corrected chi connectivity index (χ3v) is 2.19. The Labute approximate surface area is 108 Å². The highest BCUT2D eigenvalue weighted by atomic mass is 19.4. The number of carbonyl (C=O) groups is 1. The monoisotopic (exact) mass is 274 g/mol. The summed E-state index contributed by atoms with van der Waals surface area (Å²) in [5.41, 5.74) is -0.757. The Bertz CT molecular complexity index is 479. The second-order valence-corrected chi connectivity index (χ2v) is 3.77. The van der Waals surface area contributed by atoms with Crippen LogP contribution in [0, 0.1) is 0 Å². The quantitative estimate of drug-likeness (QED) is 0.834. The molecule has 104 valence electrons. The highest BCUT2D eigenvalue weighted by Gasteiger charge is 2.34.